The predicted octanol–water partition coefficient (Wildman–Crippen LogP) is 1.12. The molecule has 100 valence electrons. The van der Waals surface area contributed by atoms with Gasteiger partial charge in [0.2, 0.25) is 11.8 Å². The molecule has 7 heteroatoms. The number of nitrogens with zero attached hydrogens (tertiary/aromatic N) is 1. The molecule has 0 spiro atoms. The van der Waals surface area contributed by atoms with Crippen LogP contribution in [0, 0.1) is 17.0 Å². The Balaban J connectivity index is 2.11. The van der Waals surface area contributed by atoms with E-state index in [-0.39, 0.29) is 17.5 Å². The maximum Gasteiger partial charge on any atom is 0.274 e. The molecule has 7 nitrogen and oxygen atoms in total. The van der Waals surface area contributed by atoms with E-state index < -0.39 is 11.0 Å². The second-order valence-electron chi connectivity index (χ2n) is 4.41. The van der Waals surface area contributed by atoms with Crippen molar-refractivity contribution in [1.82, 2.24) is 5.32 Å². The van der Waals surface area contributed by atoms with E-state index in [1.165, 1.54) is 6.07 Å². The van der Waals surface area contributed by atoms with Gasteiger partial charge < -0.3 is 10.6 Å². The Morgan fingerprint density at radius 3 is 2.84 bits per heavy atom. The summed E-state index contributed by atoms with van der Waals surface area (Å²) in [5.41, 5.74) is 0.828. The Kier molecular flexibility index (Phi) is 3.46. The minimum atomic E-state index is -0.562. The summed E-state index contributed by atoms with van der Waals surface area (Å²) in [5.74, 6) is -0.515. The number of carbonyl (C=O) groups is 2. The predicted molar refractivity (Wildman–Crippen MR) is 67.6 cm³/mol. The molecule has 0 aromatic heterocycles. The standard InChI is InChI=1S/C12H13N3O4/c1-7-2-3-8(6-10(7)15(18)19)13-12(17)9-4-5-11(16)14-9/h2-3,6,9H,4-5H2,1H3,(H,13,17)(H,14,16). The number of rotatable bonds is 3. The average Bonchev–Trinajstić information content (AvgIpc) is 2.78. The number of amides is 2. The van der Waals surface area contributed by atoms with Crippen molar-refractivity contribution in [3.8, 4) is 0 Å². The highest BCUT2D eigenvalue weighted by Gasteiger charge is 2.27. The van der Waals surface area contributed by atoms with Crippen LogP contribution in [0.2, 0.25) is 0 Å². The molecule has 1 heterocycles. The van der Waals surface area contributed by atoms with Gasteiger partial charge in [-0.3, -0.25) is 19.7 Å². The molecule has 2 rings (SSSR count). The molecule has 0 aliphatic carbocycles. The number of benzene rings is 1. The average molecular weight is 263 g/mol. The summed E-state index contributed by atoms with van der Waals surface area (Å²) >= 11 is 0. The number of hydrogen-bond acceptors (Lipinski definition) is 4. The van der Waals surface area contributed by atoms with Gasteiger partial charge in [0.15, 0.2) is 0 Å². The molecule has 1 fully saturated rings. The van der Waals surface area contributed by atoms with Crippen LogP contribution in [0.25, 0.3) is 0 Å². The highest BCUT2D eigenvalue weighted by atomic mass is 16.6. The molecule has 2 N–H and O–H groups in total. The van der Waals surface area contributed by atoms with Crippen LogP contribution in [0.5, 0.6) is 0 Å². The van der Waals surface area contributed by atoms with E-state index in [4.69, 9.17) is 0 Å². The third kappa shape index (κ3) is 2.87. The van der Waals surface area contributed by atoms with Crippen molar-refractivity contribution in [2.45, 2.75) is 25.8 Å². The fraction of sp³-hybridized carbons (Fsp3) is 0.333. The summed E-state index contributed by atoms with van der Waals surface area (Å²) in [4.78, 5) is 33.1. The lowest BCUT2D eigenvalue weighted by molar-refractivity contribution is -0.385. The largest absolute Gasteiger partial charge is 0.344 e. The van der Waals surface area contributed by atoms with Crippen molar-refractivity contribution in [3.05, 3.63) is 33.9 Å². The Labute approximate surface area is 109 Å². The van der Waals surface area contributed by atoms with Crippen molar-refractivity contribution in [3.63, 3.8) is 0 Å². The van der Waals surface area contributed by atoms with Crippen LogP contribution < -0.4 is 10.6 Å². The van der Waals surface area contributed by atoms with Crippen molar-refractivity contribution in [1.29, 1.82) is 0 Å². The summed E-state index contributed by atoms with van der Waals surface area (Å²) in [6.07, 6.45) is 0.769. The van der Waals surface area contributed by atoms with E-state index in [1.54, 1.807) is 19.1 Å². The molecular weight excluding hydrogens is 250 g/mol. The minimum absolute atomic E-state index is 0.0479. The summed E-state index contributed by atoms with van der Waals surface area (Å²) in [7, 11) is 0. The molecule has 1 aliphatic heterocycles. The van der Waals surface area contributed by atoms with E-state index in [1.807, 2.05) is 0 Å². The van der Waals surface area contributed by atoms with Gasteiger partial charge in [0.25, 0.3) is 5.69 Å². The van der Waals surface area contributed by atoms with E-state index in [2.05, 4.69) is 10.6 Å². The number of carbonyl (C=O) groups excluding carboxylic acids is 2. The van der Waals surface area contributed by atoms with Crippen LogP contribution in [0.1, 0.15) is 18.4 Å². The molecule has 0 bridgehead atoms. The fourth-order valence-corrected chi connectivity index (χ4v) is 1.92. The van der Waals surface area contributed by atoms with Gasteiger partial charge in [-0.05, 0) is 19.4 Å². The third-order valence-corrected chi connectivity index (χ3v) is 2.99. The zero-order valence-corrected chi connectivity index (χ0v) is 10.3. The third-order valence-electron chi connectivity index (χ3n) is 2.99. The number of nitro benzene ring substituents is 1. The van der Waals surface area contributed by atoms with Crippen LogP contribution in [-0.4, -0.2) is 22.8 Å². The zero-order chi connectivity index (χ0) is 14.0. The first-order valence-corrected chi connectivity index (χ1v) is 5.82. The van der Waals surface area contributed by atoms with Crippen molar-refractivity contribution < 1.29 is 14.5 Å². The van der Waals surface area contributed by atoms with Gasteiger partial charge in [0, 0.05) is 23.7 Å². The Bertz CT molecular complexity index is 556. The van der Waals surface area contributed by atoms with Crippen LogP contribution in [0.3, 0.4) is 0 Å². The van der Waals surface area contributed by atoms with Crippen molar-refractivity contribution in [2.24, 2.45) is 0 Å². The van der Waals surface area contributed by atoms with E-state index in [0.29, 0.717) is 24.1 Å². The number of nitro groups is 1. The molecule has 1 saturated heterocycles. The minimum Gasteiger partial charge on any atom is -0.344 e. The van der Waals surface area contributed by atoms with Gasteiger partial charge in [-0.1, -0.05) is 6.07 Å². The quantitative estimate of drug-likeness (QED) is 0.630. The normalized spacial score (nSPS) is 17.9. The molecular formula is C12H13N3O4. The first kappa shape index (κ1) is 13.0. The fourth-order valence-electron chi connectivity index (χ4n) is 1.92. The molecule has 1 atom stereocenters. The van der Waals surface area contributed by atoms with Crippen molar-refractivity contribution >= 4 is 23.2 Å². The summed E-state index contributed by atoms with van der Waals surface area (Å²) < 4.78 is 0. The van der Waals surface area contributed by atoms with Gasteiger partial charge in [0.05, 0.1) is 4.92 Å². The molecule has 0 saturated carbocycles. The molecule has 1 aromatic carbocycles. The lowest BCUT2D eigenvalue weighted by Crippen LogP contribution is -2.37. The molecule has 1 aliphatic rings. The summed E-state index contributed by atoms with van der Waals surface area (Å²) in [5, 5.41) is 15.9. The first-order chi connectivity index (χ1) is 8.97. The maximum atomic E-state index is 11.8. The number of hydrogen-bond donors (Lipinski definition) is 2. The maximum absolute atomic E-state index is 11.8. The zero-order valence-electron chi connectivity index (χ0n) is 10.3. The molecule has 1 unspecified atom stereocenters. The monoisotopic (exact) mass is 263 g/mol. The van der Waals surface area contributed by atoms with E-state index in [9.17, 15) is 19.7 Å². The molecule has 19 heavy (non-hydrogen) atoms. The Hall–Kier alpha value is -2.44. The summed E-state index contributed by atoms with van der Waals surface area (Å²) in [6.45, 7) is 1.63. The van der Waals surface area contributed by atoms with Crippen molar-refractivity contribution in [2.75, 3.05) is 5.32 Å². The molecule has 0 radical (unpaired) electrons. The van der Waals surface area contributed by atoms with Gasteiger partial charge in [-0.25, -0.2) is 0 Å². The van der Waals surface area contributed by atoms with E-state index in [0.717, 1.165) is 0 Å². The Morgan fingerprint density at radius 2 is 2.26 bits per heavy atom. The molecule has 1 aromatic rings. The van der Waals surface area contributed by atoms with Crippen LogP contribution in [0.15, 0.2) is 18.2 Å². The van der Waals surface area contributed by atoms with Gasteiger partial charge in [-0.2, -0.15) is 0 Å². The topological polar surface area (TPSA) is 101 Å². The van der Waals surface area contributed by atoms with Gasteiger partial charge in [-0.15, -0.1) is 0 Å². The molecule has 2 amide bonds. The lowest BCUT2D eigenvalue weighted by Gasteiger charge is -2.11. The van der Waals surface area contributed by atoms with E-state index >= 15 is 0 Å². The van der Waals surface area contributed by atoms with Crippen LogP contribution >= 0.6 is 0 Å². The Morgan fingerprint density at radius 1 is 1.53 bits per heavy atom. The lowest BCUT2D eigenvalue weighted by atomic mass is 10.1. The van der Waals surface area contributed by atoms with Gasteiger partial charge in [0.1, 0.15) is 6.04 Å². The number of anilines is 1. The smallest absolute Gasteiger partial charge is 0.274 e. The summed E-state index contributed by atoms with van der Waals surface area (Å²) in [6, 6.07) is 3.91. The second kappa shape index (κ2) is 5.05. The van der Waals surface area contributed by atoms with Gasteiger partial charge >= 0.3 is 0 Å². The van der Waals surface area contributed by atoms with Crippen LogP contribution in [0.4, 0.5) is 11.4 Å². The first-order valence-electron chi connectivity index (χ1n) is 5.82. The highest BCUT2D eigenvalue weighted by Crippen LogP contribution is 2.22. The SMILES string of the molecule is Cc1ccc(NC(=O)C2CCC(=O)N2)cc1[N+](=O)[O-]. The highest BCUT2D eigenvalue weighted by molar-refractivity contribution is 5.99. The van der Waals surface area contributed by atoms with Crippen LogP contribution in [-0.2, 0) is 9.59 Å². The second-order valence-corrected chi connectivity index (χ2v) is 4.41. The number of nitrogens with one attached hydrogen (secondary N) is 2. The number of aryl methyl sites for hydroxylation is 1.